The average Bonchev–Trinajstić information content (AvgIpc) is 2.23. The van der Waals surface area contributed by atoms with E-state index in [0.717, 1.165) is 12.3 Å². The van der Waals surface area contributed by atoms with E-state index in [1.165, 1.54) is 28.7 Å². The maximum atomic E-state index is 3.93. The summed E-state index contributed by atoms with van der Waals surface area (Å²) in [7, 11) is 0. The highest BCUT2D eigenvalue weighted by Crippen LogP contribution is 2.24. The van der Waals surface area contributed by atoms with E-state index < -0.39 is 0 Å². The quantitative estimate of drug-likeness (QED) is 0.665. The van der Waals surface area contributed by atoms with E-state index in [1.54, 1.807) is 0 Å². The minimum atomic E-state index is 0.696. The molecule has 0 saturated carbocycles. The predicted molar refractivity (Wildman–Crippen MR) is 78.4 cm³/mol. The molecule has 0 atom stereocenters. The highest BCUT2D eigenvalue weighted by atomic mass is 14.2. The molecule has 0 heteroatoms. The minimum Gasteiger partial charge on any atom is -0.0985 e. The van der Waals surface area contributed by atoms with Crippen molar-refractivity contribution in [3.8, 4) is 0 Å². The van der Waals surface area contributed by atoms with Crippen molar-refractivity contribution in [2.45, 2.75) is 47.5 Å². The van der Waals surface area contributed by atoms with Gasteiger partial charge in [-0.05, 0) is 53.9 Å². The molecule has 94 valence electrons. The van der Waals surface area contributed by atoms with E-state index in [-0.39, 0.29) is 0 Å². The fraction of sp³-hybridized carbons (Fsp3) is 0.529. The van der Waals surface area contributed by atoms with Crippen molar-refractivity contribution < 1.29 is 0 Å². The molecule has 1 aromatic carbocycles. The summed E-state index contributed by atoms with van der Waals surface area (Å²) in [5, 5.41) is 0. The first-order valence-corrected chi connectivity index (χ1v) is 6.69. The fourth-order valence-corrected chi connectivity index (χ4v) is 2.36. The molecular formula is C17H26. The van der Waals surface area contributed by atoms with Gasteiger partial charge in [-0.3, -0.25) is 0 Å². The third-order valence-corrected chi connectivity index (χ3v) is 3.21. The van der Waals surface area contributed by atoms with E-state index in [9.17, 15) is 0 Å². The summed E-state index contributed by atoms with van der Waals surface area (Å²) < 4.78 is 0. The molecule has 0 N–H and O–H groups in total. The van der Waals surface area contributed by atoms with Crippen LogP contribution in [0.4, 0.5) is 0 Å². The highest BCUT2D eigenvalue weighted by Gasteiger charge is 2.10. The molecule has 0 bridgehead atoms. The maximum Gasteiger partial charge on any atom is -0.0227 e. The Labute approximate surface area is 107 Å². The van der Waals surface area contributed by atoms with Crippen molar-refractivity contribution in [1.29, 1.82) is 0 Å². The van der Waals surface area contributed by atoms with Crippen molar-refractivity contribution in [3.05, 3.63) is 41.0 Å². The lowest BCUT2D eigenvalue weighted by molar-refractivity contribution is 0.631. The van der Waals surface area contributed by atoms with Gasteiger partial charge in [-0.2, -0.15) is 0 Å². The van der Waals surface area contributed by atoms with Crippen LogP contribution in [-0.2, 0) is 12.8 Å². The van der Waals surface area contributed by atoms with Crippen LogP contribution < -0.4 is 0 Å². The molecule has 0 spiro atoms. The van der Waals surface area contributed by atoms with Crippen LogP contribution in [0.5, 0.6) is 0 Å². The van der Waals surface area contributed by atoms with E-state index in [4.69, 9.17) is 0 Å². The van der Waals surface area contributed by atoms with Gasteiger partial charge in [-0.1, -0.05) is 52.5 Å². The van der Waals surface area contributed by atoms with Crippen molar-refractivity contribution >= 4 is 6.08 Å². The lowest BCUT2D eigenvalue weighted by atomic mass is 9.88. The van der Waals surface area contributed by atoms with E-state index in [1.807, 2.05) is 6.08 Å². The monoisotopic (exact) mass is 230 g/mol. The van der Waals surface area contributed by atoms with Crippen LogP contribution in [0.1, 0.15) is 49.9 Å². The summed E-state index contributed by atoms with van der Waals surface area (Å²) >= 11 is 0. The molecule has 0 amide bonds. The molecular weight excluding hydrogens is 204 g/mol. The second kappa shape index (κ2) is 6.05. The summed E-state index contributed by atoms with van der Waals surface area (Å²) in [6.45, 7) is 15.3. The van der Waals surface area contributed by atoms with Crippen LogP contribution >= 0.6 is 0 Å². The Morgan fingerprint density at radius 3 is 2.12 bits per heavy atom. The van der Waals surface area contributed by atoms with Crippen molar-refractivity contribution in [2.24, 2.45) is 11.8 Å². The standard InChI is InChI=1S/C17H26/c1-7-15-8-9-16(10-12(2)3)14(6)17(15)11-13(4)5/h7-9,12-13H,1,10-11H2,2-6H3. The van der Waals surface area contributed by atoms with E-state index >= 15 is 0 Å². The summed E-state index contributed by atoms with van der Waals surface area (Å²) in [4.78, 5) is 0. The van der Waals surface area contributed by atoms with Crippen molar-refractivity contribution in [1.82, 2.24) is 0 Å². The van der Waals surface area contributed by atoms with Crippen LogP contribution in [0.2, 0.25) is 0 Å². The van der Waals surface area contributed by atoms with Gasteiger partial charge in [0.2, 0.25) is 0 Å². The predicted octanol–water partition coefficient (Wildman–Crippen LogP) is 5.04. The van der Waals surface area contributed by atoms with Gasteiger partial charge in [-0.15, -0.1) is 0 Å². The zero-order chi connectivity index (χ0) is 13.0. The Kier molecular flexibility index (Phi) is 4.99. The van der Waals surface area contributed by atoms with Gasteiger partial charge in [0.1, 0.15) is 0 Å². The fourth-order valence-electron chi connectivity index (χ4n) is 2.36. The molecule has 1 rings (SSSR count). The van der Waals surface area contributed by atoms with Gasteiger partial charge in [0.15, 0.2) is 0 Å². The summed E-state index contributed by atoms with van der Waals surface area (Å²) in [5.41, 5.74) is 5.78. The highest BCUT2D eigenvalue weighted by molar-refractivity contribution is 5.56. The zero-order valence-electron chi connectivity index (χ0n) is 12.0. The van der Waals surface area contributed by atoms with Crippen LogP contribution in [-0.4, -0.2) is 0 Å². The lowest BCUT2D eigenvalue weighted by Crippen LogP contribution is -2.05. The molecule has 0 aliphatic carbocycles. The van der Waals surface area contributed by atoms with Crippen molar-refractivity contribution in [3.63, 3.8) is 0 Å². The Morgan fingerprint density at radius 2 is 1.65 bits per heavy atom. The first kappa shape index (κ1) is 14.0. The summed E-state index contributed by atoms with van der Waals surface area (Å²) in [6.07, 6.45) is 4.32. The molecule has 0 fully saturated rings. The molecule has 0 aliphatic heterocycles. The first-order valence-electron chi connectivity index (χ1n) is 6.69. The van der Waals surface area contributed by atoms with Crippen LogP contribution in [0, 0.1) is 18.8 Å². The van der Waals surface area contributed by atoms with Gasteiger partial charge in [0, 0.05) is 0 Å². The third kappa shape index (κ3) is 3.73. The van der Waals surface area contributed by atoms with Gasteiger partial charge in [0.05, 0.1) is 0 Å². The number of benzene rings is 1. The molecule has 0 radical (unpaired) electrons. The molecule has 1 aromatic rings. The number of hydrogen-bond acceptors (Lipinski definition) is 0. The second-order valence-electron chi connectivity index (χ2n) is 5.82. The van der Waals surface area contributed by atoms with E-state index in [2.05, 4.69) is 53.3 Å². The lowest BCUT2D eigenvalue weighted by Gasteiger charge is -2.17. The molecule has 0 heterocycles. The molecule has 0 nitrogen and oxygen atoms in total. The Bertz CT molecular complexity index is 383. The zero-order valence-corrected chi connectivity index (χ0v) is 12.0. The summed E-state index contributed by atoms with van der Waals surface area (Å²) in [6, 6.07) is 4.51. The van der Waals surface area contributed by atoms with Crippen LogP contribution in [0.15, 0.2) is 18.7 Å². The van der Waals surface area contributed by atoms with Gasteiger partial charge < -0.3 is 0 Å². The smallest absolute Gasteiger partial charge is 0.0227 e. The van der Waals surface area contributed by atoms with Crippen molar-refractivity contribution in [2.75, 3.05) is 0 Å². The molecule has 17 heavy (non-hydrogen) atoms. The Morgan fingerprint density at radius 1 is 1.06 bits per heavy atom. The van der Waals surface area contributed by atoms with Crippen LogP contribution in [0.3, 0.4) is 0 Å². The third-order valence-electron chi connectivity index (χ3n) is 3.21. The second-order valence-corrected chi connectivity index (χ2v) is 5.82. The Hall–Kier alpha value is -1.04. The van der Waals surface area contributed by atoms with Gasteiger partial charge in [0.25, 0.3) is 0 Å². The first-order chi connectivity index (χ1) is 7.95. The number of hydrogen-bond donors (Lipinski definition) is 0. The normalized spacial score (nSPS) is 11.2. The largest absolute Gasteiger partial charge is 0.0985 e. The average molecular weight is 230 g/mol. The maximum absolute atomic E-state index is 3.93. The topological polar surface area (TPSA) is 0 Å². The molecule has 0 aromatic heterocycles. The summed E-state index contributed by atoms with van der Waals surface area (Å²) in [5.74, 6) is 1.41. The van der Waals surface area contributed by atoms with E-state index in [0.29, 0.717) is 5.92 Å². The number of rotatable bonds is 5. The minimum absolute atomic E-state index is 0.696. The SMILES string of the molecule is C=Cc1ccc(CC(C)C)c(C)c1CC(C)C. The molecule has 0 aliphatic rings. The van der Waals surface area contributed by atoms with Gasteiger partial charge >= 0.3 is 0 Å². The van der Waals surface area contributed by atoms with Crippen LogP contribution in [0.25, 0.3) is 6.08 Å². The molecule has 0 unspecified atom stereocenters. The Balaban J connectivity index is 3.17. The van der Waals surface area contributed by atoms with Gasteiger partial charge in [-0.25, -0.2) is 0 Å². The molecule has 0 saturated heterocycles.